The Labute approximate surface area is 180 Å². The molecule has 2 aromatic carbocycles. The molecule has 1 aliphatic rings. The van der Waals surface area contributed by atoms with Crippen LogP contribution >= 0.6 is 0 Å². The summed E-state index contributed by atoms with van der Waals surface area (Å²) in [4.78, 5) is 8.76. The van der Waals surface area contributed by atoms with E-state index in [1.165, 1.54) is 5.56 Å². The Morgan fingerprint density at radius 3 is 2.32 bits per heavy atom. The molecule has 0 aliphatic carbocycles. The zero-order chi connectivity index (χ0) is 21.2. The molecule has 0 atom stereocenters. The standard InChI is InChI=1S/C24H24FN5O/c1-17-23(16-29-14-10-19(11-15-29)18-2-6-21(25)7-3-18)28-24(31-17)20-4-8-22(9-5-20)30-26-12-13-27-30/h2-9,12-13,19H,10-11,14-16H2,1H3. The molecular weight excluding hydrogens is 393 g/mol. The molecule has 1 aliphatic heterocycles. The van der Waals surface area contributed by atoms with Gasteiger partial charge >= 0.3 is 0 Å². The average Bonchev–Trinajstić information content (AvgIpc) is 3.46. The number of halogens is 1. The summed E-state index contributed by atoms with van der Waals surface area (Å²) >= 11 is 0. The van der Waals surface area contributed by atoms with Gasteiger partial charge < -0.3 is 4.42 Å². The summed E-state index contributed by atoms with van der Waals surface area (Å²) in [7, 11) is 0. The van der Waals surface area contributed by atoms with Gasteiger partial charge in [0.25, 0.3) is 0 Å². The number of hydrogen-bond acceptors (Lipinski definition) is 5. The van der Waals surface area contributed by atoms with Gasteiger partial charge in [0, 0.05) is 12.1 Å². The van der Waals surface area contributed by atoms with Crippen LogP contribution < -0.4 is 0 Å². The number of nitrogens with zero attached hydrogens (tertiary/aromatic N) is 5. The molecule has 7 heteroatoms. The minimum atomic E-state index is -0.175. The van der Waals surface area contributed by atoms with Gasteiger partial charge in [-0.15, -0.1) is 0 Å². The first-order valence-corrected chi connectivity index (χ1v) is 10.6. The molecule has 0 bridgehead atoms. The molecule has 31 heavy (non-hydrogen) atoms. The monoisotopic (exact) mass is 417 g/mol. The van der Waals surface area contributed by atoms with Crippen LogP contribution in [0.2, 0.25) is 0 Å². The van der Waals surface area contributed by atoms with Crippen LogP contribution in [0.4, 0.5) is 4.39 Å². The third-order valence-electron chi connectivity index (χ3n) is 5.96. The molecule has 0 spiro atoms. The molecule has 2 aromatic heterocycles. The number of rotatable bonds is 5. The van der Waals surface area contributed by atoms with Crippen molar-refractivity contribution in [3.63, 3.8) is 0 Å². The van der Waals surface area contributed by atoms with Crippen molar-refractivity contribution < 1.29 is 8.81 Å². The molecule has 0 saturated carbocycles. The number of aromatic nitrogens is 4. The van der Waals surface area contributed by atoms with Crippen molar-refractivity contribution in [2.45, 2.75) is 32.2 Å². The smallest absolute Gasteiger partial charge is 0.226 e. The number of benzene rings is 2. The van der Waals surface area contributed by atoms with Gasteiger partial charge in [0.1, 0.15) is 11.6 Å². The van der Waals surface area contributed by atoms with E-state index in [1.807, 2.05) is 43.3 Å². The molecule has 0 N–H and O–H groups in total. The molecule has 6 nitrogen and oxygen atoms in total. The minimum Gasteiger partial charge on any atom is -0.441 e. The van der Waals surface area contributed by atoms with Gasteiger partial charge in [-0.25, -0.2) is 9.37 Å². The summed E-state index contributed by atoms with van der Waals surface area (Å²) in [5, 5.41) is 8.29. The second-order valence-electron chi connectivity index (χ2n) is 7.99. The van der Waals surface area contributed by atoms with Gasteiger partial charge in [0.2, 0.25) is 5.89 Å². The van der Waals surface area contributed by atoms with Crippen LogP contribution in [-0.4, -0.2) is 38.0 Å². The van der Waals surface area contributed by atoms with Crippen LogP contribution in [0.15, 0.2) is 65.3 Å². The maximum absolute atomic E-state index is 13.2. The molecular formula is C24H24FN5O. The Bertz CT molecular complexity index is 1130. The van der Waals surface area contributed by atoms with E-state index >= 15 is 0 Å². The molecule has 1 fully saturated rings. The van der Waals surface area contributed by atoms with E-state index < -0.39 is 0 Å². The molecule has 4 aromatic rings. The van der Waals surface area contributed by atoms with Crippen molar-refractivity contribution in [1.82, 2.24) is 24.9 Å². The van der Waals surface area contributed by atoms with Crippen LogP contribution in [0, 0.1) is 12.7 Å². The third-order valence-corrected chi connectivity index (χ3v) is 5.96. The lowest BCUT2D eigenvalue weighted by Crippen LogP contribution is -2.32. The molecule has 0 amide bonds. The van der Waals surface area contributed by atoms with Gasteiger partial charge in [0.15, 0.2) is 0 Å². The molecule has 1 saturated heterocycles. The van der Waals surface area contributed by atoms with Gasteiger partial charge in [0.05, 0.1) is 23.8 Å². The SMILES string of the molecule is Cc1oc(-c2ccc(-n3nccn3)cc2)nc1CN1CCC(c2ccc(F)cc2)CC1. The van der Waals surface area contributed by atoms with E-state index in [4.69, 9.17) is 9.40 Å². The van der Waals surface area contributed by atoms with Crippen molar-refractivity contribution in [2.24, 2.45) is 0 Å². The van der Waals surface area contributed by atoms with E-state index in [0.29, 0.717) is 11.8 Å². The number of piperidine rings is 1. The molecule has 0 radical (unpaired) electrons. The minimum absolute atomic E-state index is 0.175. The Balaban J connectivity index is 1.23. The lowest BCUT2D eigenvalue weighted by Gasteiger charge is -2.31. The highest BCUT2D eigenvalue weighted by Gasteiger charge is 2.22. The van der Waals surface area contributed by atoms with Crippen molar-refractivity contribution in [3.05, 3.63) is 83.8 Å². The second-order valence-corrected chi connectivity index (χ2v) is 7.99. The largest absolute Gasteiger partial charge is 0.441 e. The van der Waals surface area contributed by atoms with Crippen LogP contribution in [0.25, 0.3) is 17.1 Å². The maximum Gasteiger partial charge on any atom is 0.226 e. The van der Waals surface area contributed by atoms with Gasteiger partial charge in [-0.05, 0) is 80.7 Å². The second kappa shape index (κ2) is 8.43. The highest BCUT2D eigenvalue weighted by molar-refractivity contribution is 5.56. The third kappa shape index (κ3) is 4.27. The summed E-state index contributed by atoms with van der Waals surface area (Å²) in [6, 6.07) is 14.8. The van der Waals surface area contributed by atoms with E-state index in [9.17, 15) is 4.39 Å². The zero-order valence-electron chi connectivity index (χ0n) is 17.4. The van der Waals surface area contributed by atoms with Crippen LogP contribution in [0.3, 0.4) is 0 Å². The van der Waals surface area contributed by atoms with Crippen LogP contribution in [0.1, 0.15) is 35.8 Å². The van der Waals surface area contributed by atoms with E-state index in [0.717, 1.165) is 55.2 Å². The zero-order valence-corrected chi connectivity index (χ0v) is 17.4. The maximum atomic E-state index is 13.2. The van der Waals surface area contributed by atoms with Crippen molar-refractivity contribution in [1.29, 1.82) is 0 Å². The number of aryl methyl sites for hydroxylation is 1. The summed E-state index contributed by atoms with van der Waals surface area (Å²) in [6.07, 6.45) is 5.44. The fourth-order valence-corrected chi connectivity index (χ4v) is 4.16. The number of oxazole rings is 1. The fourth-order valence-electron chi connectivity index (χ4n) is 4.16. The quantitative estimate of drug-likeness (QED) is 0.469. The highest BCUT2D eigenvalue weighted by Crippen LogP contribution is 2.30. The Morgan fingerprint density at radius 2 is 1.65 bits per heavy atom. The summed E-state index contributed by atoms with van der Waals surface area (Å²) in [5.41, 5.74) is 4.03. The van der Waals surface area contributed by atoms with Crippen molar-refractivity contribution >= 4 is 0 Å². The van der Waals surface area contributed by atoms with Crippen molar-refractivity contribution in [2.75, 3.05) is 13.1 Å². The fraction of sp³-hybridized carbons (Fsp3) is 0.292. The normalized spacial score (nSPS) is 15.4. The lowest BCUT2D eigenvalue weighted by molar-refractivity contribution is 0.202. The average molecular weight is 417 g/mol. The van der Waals surface area contributed by atoms with E-state index in [-0.39, 0.29) is 5.82 Å². The van der Waals surface area contributed by atoms with E-state index in [1.54, 1.807) is 29.3 Å². The summed E-state index contributed by atoms with van der Waals surface area (Å²) in [5.74, 6) is 1.81. The first kappa shape index (κ1) is 19.6. The Kier molecular flexibility index (Phi) is 5.34. The molecule has 158 valence electrons. The van der Waals surface area contributed by atoms with E-state index in [2.05, 4.69) is 15.1 Å². The number of hydrogen-bond donors (Lipinski definition) is 0. The lowest BCUT2D eigenvalue weighted by atomic mass is 9.89. The van der Waals surface area contributed by atoms with Gasteiger partial charge in [-0.1, -0.05) is 12.1 Å². The van der Waals surface area contributed by atoms with Gasteiger partial charge in [-0.2, -0.15) is 15.0 Å². The molecule has 5 rings (SSSR count). The Hall–Kier alpha value is -3.32. The van der Waals surface area contributed by atoms with Crippen LogP contribution in [-0.2, 0) is 6.54 Å². The Morgan fingerprint density at radius 1 is 0.968 bits per heavy atom. The molecule has 0 unspecified atom stereocenters. The van der Waals surface area contributed by atoms with Crippen molar-refractivity contribution in [3.8, 4) is 17.1 Å². The molecule has 3 heterocycles. The van der Waals surface area contributed by atoms with Crippen LogP contribution in [0.5, 0.6) is 0 Å². The topological polar surface area (TPSA) is 60.0 Å². The predicted molar refractivity (Wildman–Crippen MR) is 115 cm³/mol. The van der Waals surface area contributed by atoms with Gasteiger partial charge in [-0.3, -0.25) is 4.90 Å². The summed E-state index contributed by atoms with van der Waals surface area (Å²) in [6.45, 7) is 4.74. The first-order chi connectivity index (χ1) is 15.2. The highest BCUT2D eigenvalue weighted by atomic mass is 19.1. The first-order valence-electron chi connectivity index (χ1n) is 10.6. The predicted octanol–water partition coefficient (Wildman–Crippen LogP) is 4.75. The number of likely N-dealkylation sites (tertiary alicyclic amines) is 1. The summed E-state index contributed by atoms with van der Waals surface area (Å²) < 4.78 is 19.1.